The van der Waals surface area contributed by atoms with Crippen LogP contribution in [0.25, 0.3) is 11.1 Å². The number of amides is 1. The summed E-state index contributed by atoms with van der Waals surface area (Å²) in [4.78, 5) is 27.7. The summed E-state index contributed by atoms with van der Waals surface area (Å²) in [5.74, 6) is 0.826. The number of hydrogen-bond donors (Lipinski definition) is 1. The zero-order valence-electron chi connectivity index (χ0n) is 18.5. The van der Waals surface area contributed by atoms with Crippen LogP contribution < -0.4 is 5.32 Å². The van der Waals surface area contributed by atoms with Crippen LogP contribution in [0.4, 0.5) is 5.69 Å². The number of halogens is 1. The van der Waals surface area contributed by atoms with Gasteiger partial charge in [0.2, 0.25) is 5.91 Å². The van der Waals surface area contributed by atoms with E-state index in [-0.39, 0.29) is 17.6 Å². The predicted octanol–water partition coefficient (Wildman–Crippen LogP) is 5.71. The SMILES string of the molecule is O=C(Cc1ccc(-c2ccc(NC(=O)[C@H]3CN4CCC3CC4)cc2)cc1)c1cccc(Cl)c1. The van der Waals surface area contributed by atoms with Crippen molar-refractivity contribution >= 4 is 29.0 Å². The molecular weight excluding hydrogens is 432 g/mol. The molecule has 0 unspecified atom stereocenters. The van der Waals surface area contributed by atoms with E-state index in [0.29, 0.717) is 22.9 Å². The highest BCUT2D eigenvalue weighted by Gasteiger charge is 2.38. The largest absolute Gasteiger partial charge is 0.326 e. The molecule has 3 aromatic rings. The number of carbonyl (C=O) groups is 2. The monoisotopic (exact) mass is 458 g/mol. The molecule has 0 spiro atoms. The van der Waals surface area contributed by atoms with Gasteiger partial charge in [0.25, 0.3) is 0 Å². The fourth-order valence-corrected chi connectivity index (χ4v) is 5.20. The van der Waals surface area contributed by atoms with Gasteiger partial charge in [0, 0.05) is 29.2 Å². The summed E-state index contributed by atoms with van der Waals surface area (Å²) < 4.78 is 0. The molecule has 33 heavy (non-hydrogen) atoms. The van der Waals surface area contributed by atoms with Gasteiger partial charge < -0.3 is 10.2 Å². The third-order valence-corrected chi connectivity index (χ3v) is 7.18. The third kappa shape index (κ3) is 5.02. The number of benzene rings is 3. The van der Waals surface area contributed by atoms with E-state index in [2.05, 4.69) is 10.2 Å². The maximum Gasteiger partial charge on any atom is 0.229 e. The fraction of sp³-hybridized carbons (Fsp3) is 0.286. The van der Waals surface area contributed by atoms with E-state index in [4.69, 9.17) is 11.6 Å². The molecule has 0 saturated carbocycles. The fourth-order valence-electron chi connectivity index (χ4n) is 5.01. The van der Waals surface area contributed by atoms with Crippen molar-refractivity contribution in [2.45, 2.75) is 19.3 Å². The molecule has 4 nitrogen and oxygen atoms in total. The molecule has 0 aliphatic carbocycles. The van der Waals surface area contributed by atoms with Gasteiger partial charge in [-0.15, -0.1) is 0 Å². The minimum atomic E-state index is 0.0494. The summed E-state index contributed by atoms with van der Waals surface area (Å²) in [7, 11) is 0. The highest BCUT2D eigenvalue weighted by atomic mass is 35.5. The first kappa shape index (κ1) is 21.9. The summed E-state index contributed by atoms with van der Waals surface area (Å²) in [6.45, 7) is 3.16. The maximum atomic E-state index is 12.8. The van der Waals surface area contributed by atoms with Gasteiger partial charge >= 0.3 is 0 Å². The van der Waals surface area contributed by atoms with Crippen LogP contribution in [-0.2, 0) is 11.2 Å². The lowest BCUT2D eigenvalue weighted by atomic mass is 9.78. The number of piperidine rings is 3. The minimum Gasteiger partial charge on any atom is -0.326 e. The Morgan fingerprint density at radius 3 is 2.18 bits per heavy atom. The van der Waals surface area contributed by atoms with E-state index in [1.807, 2.05) is 48.5 Å². The van der Waals surface area contributed by atoms with Crippen LogP contribution in [-0.4, -0.2) is 36.2 Å². The molecule has 3 fully saturated rings. The molecule has 3 aliphatic heterocycles. The van der Waals surface area contributed by atoms with Crippen LogP contribution in [0.3, 0.4) is 0 Å². The van der Waals surface area contributed by atoms with Gasteiger partial charge in [0.15, 0.2) is 5.78 Å². The summed E-state index contributed by atoms with van der Waals surface area (Å²) in [6.07, 6.45) is 2.61. The lowest BCUT2D eigenvalue weighted by Gasteiger charge is -2.43. The molecule has 3 heterocycles. The number of fused-ring (bicyclic) bond motifs is 3. The third-order valence-electron chi connectivity index (χ3n) is 6.94. The van der Waals surface area contributed by atoms with Crippen LogP contribution in [0.15, 0.2) is 72.8 Å². The van der Waals surface area contributed by atoms with Crippen molar-refractivity contribution in [2.24, 2.45) is 11.8 Å². The Morgan fingerprint density at radius 1 is 0.909 bits per heavy atom. The van der Waals surface area contributed by atoms with Crippen molar-refractivity contribution in [2.75, 3.05) is 25.0 Å². The summed E-state index contributed by atoms with van der Waals surface area (Å²) in [5, 5.41) is 3.68. The molecule has 2 bridgehead atoms. The smallest absolute Gasteiger partial charge is 0.229 e. The lowest BCUT2D eigenvalue weighted by molar-refractivity contribution is -0.125. The molecule has 3 aliphatic rings. The van der Waals surface area contributed by atoms with Gasteiger partial charge in [-0.05, 0) is 72.8 Å². The normalized spacial score (nSPS) is 21.5. The molecule has 1 amide bonds. The Bertz CT molecular complexity index is 1150. The number of hydrogen-bond acceptors (Lipinski definition) is 3. The van der Waals surface area contributed by atoms with Crippen LogP contribution in [0, 0.1) is 11.8 Å². The Balaban J connectivity index is 1.20. The number of anilines is 1. The molecule has 168 valence electrons. The van der Waals surface area contributed by atoms with Gasteiger partial charge in [-0.25, -0.2) is 0 Å². The highest BCUT2D eigenvalue weighted by molar-refractivity contribution is 6.31. The topological polar surface area (TPSA) is 49.4 Å². The van der Waals surface area contributed by atoms with E-state index in [9.17, 15) is 9.59 Å². The second-order valence-corrected chi connectivity index (χ2v) is 9.55. The van der Waals surface area contributed by atoms with Gasteiger partial charge in [0.1, 0.15) is 0 Å². The average molecular weight is 459 g/mol. The summed E-state index contributed by atoms with van der Waals surface area (Å²) >= 11 is 6.00. The number of carbonyl (C=O) groups excluding carboxylic acids is 2. The highest BCUT2D eigenvalue weighted by Crippen LogP contribution is 2.33. The molecule has 6 rings (SSSR count). The van der Waals surface area contributed by atoms with Gasteiger partial charge in [-0.2, -0.15) is 0 Å². The molecule has 1 atom stereocenters. The Labute approximate surface area is 199 Å². The van der Waals surface area contributed by atoms with Gasteiger partial charge in [-0.1, -0.05) is 60.1 Å². The van der Waals surface area contributed by atoms with Crippen molar-refractivity contribution in [3.8, 4) is 11.1 Å². The standard InChI is InChI=1S/C28H27ClN2O2/c29-24-3-1-2-23(17-24)27(32)16-19-4-6-20(7-5-19)21-8-10-25(11-9-21)30-28(33)26-18-31-14-12-22(26)13-15-31/h1-11,17,22,26H,12-16,18H2,(H,30,33)/t26-/m0/s1. The van der Waals surface area contributed by atoms with E-state index < -0.39 is 0 Å². The first-order chi connectivity index (χ1) is 16.0. The molecule has 3 saturated heterocycles. The predicted molar refractivity (Wildman–Crippen MR) is 133 cm³/mol. The van der Waals surface area contributed by atoms with Crippen LogP contribution in [0.5, 0.6) is 0 Å². The van der Waals surface area contributed by atoms with Crippen LogP contribution in [0.2, 0.25) is 5.02 Å². The van der Waals surface area contributed by atoms with E-state index in [0.717, 1.165) is 54.9 Å². The Hall–Kier alpha value is -2.95. The van der Waals surface area contributed by atoms with Crippen molar-refractivity contribution in [1.82, 2.24) is 4.90 Å². The van der Waals surface area contributed by atoms with Crippen LogP contribution in [0.1, 0.15) is 28.8 Å². The van der Waals surface area contributed by atoms with Crippen LogP contribution >= 0.6 is 11.6 Å². The molecular formula is C28H27ClN2O2. The molecule has 0 radical (unpaired) electrons. The molecule has 1 N–H and O–H groups in total. The molecule has 0 aromatic heterocycles. The molecule has 5 heteroatoms. The van der Waals surface area contributed by atoms with Gasteiger partial charge in [-0.3, -0.25) is 9.59 Å². The Morgan fingerprint density at radius 2 is 1.58 bits per heavy atom. The second kappa shape index (κ2) is 9.50. The molecule has 3 aromatic carbocycles. The van der Waals surface area contributed by atoms with E-state index in [1.54, 1.807) is 24.3 Å². The summed E-state index contributed by atoms with van der Waals surface area (Å²) in [6, 6.07) is 23.1. The van der Waals surface area contributed by atoms with Crippen molar-refractivity contribution in [3.05, 3.63) is 88.9 Å². The van der Waals surface area contributed by atoms with E-state index in [1.165, 1.54) is 0 Å². The van der Waals surface area contributed by atoms with Gasteiger partial charge in [0.05, 0.1) is 5.92 Å². The first-order valence-electron chi connectivity index (χ1n) is 11.6. The Kier molecular flexibility index (Phi) is 6.30. The number of rotatable bonds is 6. The lowest BCUT2D eigenvalue weighted by Crippen LogP contribution is -2.51. The van der Waals surface area contributed by atoms with Crippen molar-refractivity contribution in [1.29, 1.82) is 0 Å². The minimum absolute atomic E-state index is 0.0494. The zero-order chi connectivity index (χ0) is 22.8. The van der Waals surface area contributed by atoms with Crippen molar-refractivity contribution in [3.63, 3.8) is 0 Å². The number of nitrogens with zero attached hydrogens (tertiary/aromatic N) is 1. The maximum absolute atomic E-state index is 12.8. The first-order valence-corrected chi connectivity index (χ1v) is 11.9. The van der Waals surface area contributed by atoms with Crippen molar-refractivity contribution < 1.29 is 9.59 Å². The quantitative estimate of drug-likeness (QED) is 0.481. The number of ketones is 1. The number of nitrogens with one attached hydrogen (secondary N) is 1. The zero-order valence-corrected chi connectivity index (χ0v) is 19.2. The number of Topliss-reactive ketones (excluding diaryl/α,β-unsaturated/α-hetero) is 1. The average Bonchev–Trinajstić information content (AvgIpc) is 2.86. The summed E-state index contributed by atoms with van der Waals surface area (Å²) in [5.41, 5.74) is 4.57. The second-order valence-electron chi connectivity index (χ2n) is 9.12. The van der Waals surface area contributed by atoms with E-state index >= 15 is 0 Å².